The maximum Gasteiger partial charge on any atom is 0.528 e. The van der Waals surface area contributed by atoms with E-state index in [1.165, 1.54) is 31.0 Å². The van der Waals surface area contributed by atoms with Crippen molar-refractivity contribution in [2.75, 3.05) is 32.7 Å². The first-order chi connectivity index (χ1) is 42.9. The zero-order valence-electron chi connectivity index (χ0n) is 58.7. The van der Waals surface area contributed by atoms with Crippen molar-refractivity contribution in [2.24, 2.45) is 5.41 Å². The van der Waals surface area contributed by atoms with Gasteiger partial charge in [-0.2, -0.15) is 0 Å². The lowest BCUT2D eigenvalue weighted by atomic mass is 9.84. The van der Waals surface area contributed by atoms with E-state index >= 15 is 0 Å². The number of phenolic OH excluding ortho intramolecular Hbond substituents is 2. The molecule has 24 heteroatoms. The number of urea groups is 1. The number of Topliss-reactive ketones (excluding diaryl/α,β-unsaturated/α-hetero) is 2. The first-order valence-corrected chi connectivity index (χ1v) is 32.5. The molecule has 0 radical (unpaired) electrons. The van der Waals surface area contributed by atoms with Crippen LogP contribution in [0.4, 0.5) is 9.59 Å². The van der Waals surface area contributed by atoms with Crippen molar-refractivity contribution in [2.45, 2.75) is 268 Å². The van der Waals surface area contributed by atoms with Gasteiger partial charge >= 0.3 is 30.1 Å². The average molecular weight is 1310 g/mol. The van der Waals surface area contributed by atoms with E-state index < -0.39 is 70.5 Å². The Morgan fingerprint density at radius 2 is 0.978 bits per heavy atom. The second kappa shape index (κ2) is 38.7. The smallest absolute Gasteiger partial charge is 0.508 e. The summed E-state index contributed by atoms with van der Waals surface area (Å²) >= 11 is 0. The summed E-state index contributed by atoms with van der Waals surface area (Å²) in [7, 11) is 0. The molecule has 0 bridgehead atoms. The number of aryl methyl sites for hydroxylation is 2. The summed E-state index contributed by atoms with van der Waals surface area (Å²) in [6.45, 7) is 30.4. The van der Waals surface area contributed by atoms with Crippen molar-refractivity contribution >= 4 is 59.4 Å². The number of hydrogen-bond acceptors (Lipinski definition) is 19. The van der Waals surface area contributed by atoms with E-state index in [1.807, 2.05) is 20.8 Å². The maximum atomic E-state index is 13.3. The van der Waals surface area contributed by atoms with Crippen LogP contribution in [0.15, 0.2) is 36.4 Å². The van der Waals surface area contributed by atoms with Gasteiger partial charge in [-0.3, -0.25) is 38.5 Å². The number of phenols is 2. The molecule has 5 amide bonds. The lowest BCUT2D eigenvalue weighted by molar-refractivity contribution is -0.159. The van der Waals surface area contributed by atoms with E-state index in [2.05, 4.69) is 26.6 Å². The molecule has 7 N–H and O–H groups in total. The van der Waals surface area contributed by atoms with Crippen molar-refractivity contribution in [1.29, 1.82) is 0 Å². The second-order valence-corrected chi connectivity index (χ2v) is 28.9. The molecule has 0 aromatic heterocycles. The number of nitrogens with one attached hydrogen (secondary N) is 5. The minimum absolute atomic E-state index is 0.0000988. The third kappa shape index (κ3) is 38.4. The molecule has 24 nitrogen and oxygen atoms in total. The summed E-state index contributed by atoms with van der Waals surface area (Å²) in [5.74, 6) is -2.91. The Labute approximate surface area is 551 Å². The molecule has 2 aromatic rings. The molecular formula is C69H111N7O17. The van der Waals surface area contributed by atoms with Crippen LogP contribution in [0.3, 0.4) is 0 Å². The Hall–Kier alpha value is -7.34. The number of amides is 5. The Kier molecular flexibility index (Phi) is 34.1. The lowest BCUT2D eigenvalue weighted by Crippen LogP contribution is -2.53. The van der Waals surface area contributed by atoms with Crippen LogP contribution in [0, 0.1) is 5.41 Å². The monoisotopic (exact) mass is 1310 g/mol. The summed E-state index contributed by atoms with van der Waals surface area (Å²) < 4.78 is 21.7. The molecule has 0 saturated carbocycles. The Balaban J connectivity index is 1.93. The summed E-state index contributed by atoms with van der Waals surface area (Å²) in [5.41, 5.74) is -1.16. The van der Waals surface area contributed by atoms with Gasteiger partial charge in [-0.1, -0.05) is 51.5 Å². The molecule has 2 aromatic carbocycles. The SMILES string of the molecule is CC(=O)CN(CCN(Cc1cc(CCC(=O)N[C@@H](CCC(=O)OC(C)(C)C)C(C)=O)ccc1O)OC(=O)OC(C)(C)C)Cc1cc(CCC(=O)NCCCCCC(=O)NCCCC[C@H](NC(=O)N[C@@H](CCC(=O)OC(C)(C)C)C(=O)OC(C)(C)C)C(C)(C)C)ccc1O. The molecule has 0 spiro atoms. The Morgan fingerprint density at radius 1 is 0.495 bits per heavy atom. The molecule has 0 saturated heterocycles. The number of carbonyl (C=O) groups is 10. The van der Waals surface area contributed by atoms with Gasteiger partial charge in [0.1, 0.15) is 45.7 Å². The normalized spacial score (nSPS) is 13.0. The molecule has 0 aliphatic rings. The van der Waals surface area contributed by atoms with E-state index in [0.29, 0.717) is 74.7 Å². The van der Waals surface area contributed by atoms with E-state index in [0.717, 1.165) is 12.0 Å². The van der Waals surface area contributed by atoms with Crippen LogP contribution in [0.1, 0.15) is 223 Å². The summed E-state index contributed by atoms with van der Waals surface area (Å²) in [4.78, 5) is 135. The second-order valence-electron chi connectivity index (χ2n) is 28.9. The quantitative estimate of drug-likeness (QED) is 0.0142. The van der Waals surface area contributed by atoms with Gasteiger partial charge in [-0.15, -0.1) is 5.06 Å². The van der Waals surface area contributed by atoms with Crippen LogP contribution >= 0.6 is 0 Å². The minimum Gasteiger partial charge on any atom is -0.508 e. The average Bonchev–Trinajstić information content (AvgIpc) is 1.52. The number of hydroxylamine groups is 2. The zero-order chi connectivity index (χ0) is 70.5. The van der Waals surface area contributed by atoms with Gasteiger partial charge in [0.25, 0.3) is 0 Å². The number of unbranched alkanes of at least 4 members (excludes halogenated alkanes) is 3. The molecule has 0 fully saturated rings. The van der Waals surface area contributed by atoms with Gasteiger partial charge in [-0.05, 0) is 183 Å². The number of carbonyl (C=O) groups excluding carboxylic acids is 10. The van der Waals surface area contributed by atoms with Crippen molar-refractivity contribution in [3.63, 3.8) is 0 Å². The Bertz CT molecular complexity index is 2790. The van der Waals surface area contributed by atoms with E-state index in [-0.39, 0.29) is 124 Å². The summed E-state index contributed by atoms with van der Waals surface area (Å²) in [5, 5.41) is 37.6. The largest absolute Gasteiger partial charge is 0.528 e. The Morgan fingerprint density at radius 3 is 1.47 bits per heavy atom. The van der Waals surface area contributed by atoms with Gasteiger partial charge in [0.15, 0.2) is 5.78 Å². The van der Waals surface area contributed by atoms with Gasteiger partial charge in [0.05, 0.1) is 19.1 Å². The minimum atomic E-state index is -1.08. The molecule has 93 heavy (non-hydrogen) atoms. The molecule has 524 valence electrons. The number of rotatable bonds is 38. The number of esters is 3. The topological polar surface area (TPSA) is 324 Å². The van der Waals surface area contributed by atoms with Gasteiger partial charge < -0.3 is 60.6 Å². The van der Waals surface area contributed by atoms with Crippen LogP contribution in [-0.4, -0.2) is 153 Å². The van der Waals surface area contributed by atoms with Gasteiger partial charge in [-0.25, -0.2) is 14.4 Å². The molecule has 0 unspecified atom stereocenters. The highest BCUT2D eigenvalue weighted by Gasteiger charge is 2.32. The lowest BCUT2D eigenvalue weighted by Gasteiger charge is -2.32. The number of aromatic hydroxyl groups is 2. The number of hydrogen-bond donors (Lipinski definition) is 7. The van der Waals surface area contributed by atoms with Crippen molar-refractivity contribution in [3.05, 3.63) is 58.7 Å². The van der Waals surface area contributed by atoms with Crippen molar-refractivity contribution in [1.82, 2.24) is 36.5 Å². The van der Waals surface area contributed by atoms with E-state index in [9.17, 15) is 58.2 Å². The van der Waals surface area contributed by atoms with E-state index in [1.54, 1.807) is 112 Å². The zero-order valence-corrected chi connectivity index (χ0v) is 58.7. The third-order valence-corrected chi connectivity index (χ3v) is 13.9. The molecule has 2 rings (SSSR count). The molecular weight excluding hydrogens is 1200 g/mol. The summed E-state index contributed by atoms with van der Waals surface area (Å²) in [6.07, 6.45) is 4.01. The fraction of sp³-hybridized carbons (Fsp3) is 0.681. The predicted molar refractivity (Wildman–Crippen MR) is 352 cm³/mol. The van der Waals surface area contributed by atoms with Crippen LogP contribution in [0.25, 0.3) is 0 Å². The van der Waals surface area contributed by atoms with Crippen LogP contribution in [0.2, 0.25) is 0 Å². The molecule has 0 aliphatic carbocycles. The third-order valence-electron chi connectivity index (χ3n) is 13.9. The number of nitrogens with zero attached hydrogens (tertiary/aromatic N) is 2. The first kappa shape index (κ1) is 81.8. The standard InChI is InChI=1S/C69H111N7O17/c1-46(77)43-75(39-40-76(93-64(88)92-69(15,16)17)45-51-42-49(26-32-55(51)80)28-34-59(83)72-52(47(2)78)29-35-60(84)89-66(6,7)8)44-50-41-48(25-31-54(50)79)27-33-58(82)71-37-21-18-19-24-57(81)70-38-22-20-23-56(65(3,4)5)74-63(87)73-53(62(86)91-68(12,13)14)30-36-61(85)90-67(9,10)11/h25-26,31-32,41-42,52-53,56,79-80H,18-24,27-30,33-40,43-45H2,1-17H3,(H,70,81)(H,71,82)(H,72,83)(H2,73,74,87)/t52-,53-,56-/m0/s1. The number of benzene rings is 2. The van der Waals surface area contributed by atoms with Crippen LogP contribution in [0.5, 0.6) is 11.5 Å². The highest BCUT2D eigenvalue weighted by atomic mass is 16.8. The summed E-state index contributed by atoms with van der Waals surface area (Å²) in [6, 6.07) is 7.00. The number of ketones is 2. The van der Waals surface area contributed by atoms with Gasteiger partial charge in [0, 0.05) is 82.0 Å². The first-order valence-electron chi connectivity index (χ1n) is 32.5. The predicted octanol–water partition coefficient (Wildman–Crippen LogP) is 9.43. The molecule has 0 aliphatic heterocycles. The fourth-order valence-electron chi connectivity index (χ4n) is 9.45. The highest BCUT2D eigenvalue weighted by molar-refractivity contribution is 5.88. The highest BCUT2D eigenvalue weighted by Crippen LogP contribution is 2.26. The fourth-order valence-corrected chi connectivity index (χ4v) is 9.45. The maximum absolute atomic E-state index is 13.3. The van der Waals surface area contributed by atoms with Gasteiger partial charge in [0.2, 0.25) is 17.7 Å². The van der Waals surface area contributed by atoms with Crippen LogP contribution in [-0.2, 0) is 88.1 Å². The molecule has 0 heterocycles. The van der Waals surface area contributed by atoms with Crippen LogP contribution < -0.4 is 26.6 Å². The van der Waals surface area contributed by atoms with Crippen molar-refractivity contribution in [3.8, 4) is 11.5 Å². The molecule has 3 atom stereocenters. The van der Waals surface area contributed by atoms with E-state index in [4.69, 9.17) is 23.8 Å². The number of ether oxygens (including phenoxy) is 4. The van der Waals surface area contributed by atoms with Crippen molar-refractivity contribution < 1.29 is 81.9 Å².